The van der Waals surface area contributed by atoms with Crippen LogP contribution in [0.25, 0.3) is 0 Å². The lowest BCUT2D eigenvalue weighted by Gasteiger charge is -2.35. The average molecular weight is 280 g/mol. The first kappa shape index (κ1) is 16.3. The second-order valence-electron chi connectivity index (χ2n) is 7.37. The normalized spacial score (nSPS) is 27.6. The van der Waals surface area contributed by atoms with Crippen molar-refractivity contribution in [3.63, 3.8) is 0 Å². The van der Waals surface area contributed by atoms with Crippen molar-refractivity contribution in [3.8, 4) is 0 Å². The van der Waals surface area contributed by atoms with Gasteiger partial charge in [0.2, 0.25) is 0 Å². The van der Waals surface area contributed by atoms with E-state index in [-0.39, 0.29) is 0 Å². The maximum Gasteiger partial charge on any atom is 0.00501 e. The van der Waals surface area contributed by atoms with Gasteiger partial charge in [-0.25, -0.2) is 0 Å². The van der Waals surface area contributed by atoms with Crippen LogP contribution in [-0.4, -0.2) is 37.6 Å². The van der Waals surface area contributed by atoms with Crippen LogP contribution in [0, 0.1) is 11.3 Å². The minimum Gasteiger partial charge on any atom is -0.316 e. The van der Waals surface area contributed by atoms with Crippen LogP contribution in [0.3, 0.4) is 0 Å². The molecule has 1 aliphatic heterocycles. The van der Waals surface area contributed by atoms with Gasteiger partial charge in [-0.3, -0.25) is 0 Å². The van der Waals surface area contributed by atoms with E-state index in [0.29, 0.717) is 5.41 Å². The zero-order valence-electron chi connectivity index (χ0n) is 13.9. The summed E-state index contributed by atoms with van der Waals surface area (Å²) in [4.78, 5) is 2.80. The fourth-order valence-electron chi connectivity index (χ4n) is 4.31. The lowest BCUT2D eigenvalue weighted by atomic mass is 9.85. The maximum absolute atomic E-state index is 3.72. The average Bonchev–Trinajstić information content (AvgIpc) is 2.79. The molecule has 0 amide bonds. The van der Waals surface area contributed by atoms with Crippen LogP contribution in [0.15, 0.2) is 0 Å². The Balaban J connectivity index is 1.84. The molecular formula is C18H36N2. The monoisotopic (exact) mass is 280 g/mol. The van der Waals surface area contributed by atoms with Crippen molar-refractivity contribution >= 4 is 0 Å². The number of rotatable bonds is 7. The van der Waals surface area contributed by atoms with Crippen molar-refractivity contribution in [2.45, 2.75) is 71.6 Å². The molecule has 1 unspecified atom stereocenters. The molecule has 1 saturated heterocycles. The molecule has 1 atom stereocenters. The molecule has 1 heterocycles. The molecule has 118 valence electrons. The van der Waals surface area contributed by atoms with E-state index in [4.69, 9.17) is 0 Å². The number of likely N-dealkylation sites (tertiary alicyclic amines) is 1. The second kappa shape index (κ2) is 8.38. The van der Waals surface area contributed by atoms with E-state index in [1.807, 2.05) is 0 Å². The van der Waals surface area contributed by atoms with E-state index in [1.54, 1.807) is 0 Å². The van der Waals surface area contributed by atoms with Gasteiger partial charge in [0.15, 0.2) is 0 Å². The van der Waals surface area contributed by atoms with Gasteiger partial charge in [-0.2, -0.15) is 0 Å². The summed E-state index contributed by atoms with van der Waals surface area (Å²) >= 11 is 0. The Morgan fingerprint density at radius 3 is 2.55 bits per heavy atom. The molecule has 1 N–H and O–H groups in total. The molecule has 0 aromatic rings. The van der Waals surface area contributed by atoms with E-state index >= 15 is 0 Å². The van der Waals surface area contributed by atoms with E-state index in [1.165, 1.54) is 90.5 Å². The largest absolute Gasteiger partial charge is 0.316 e. The van der Waals surface area contributed by atoms with Gasteiger partial charge in [0, 0.05) is 13.1 Å². The van der Waals surface area contributed by atoms with E-state index < -0.39 is 0 Å². The SMILES string of the molecule is CCCNCC1(CN2CCCC(CC)CC2)CCCC1. The van der Waals surface area contributed by atoms with Crippen LogP contribution in [0.1, 0.15) is 71.6 Å². The summed E-state index contributed by atoms with van der Waals surface area (Å²) in [6, 6.07) is 0. The highest BCUT2D eigenvalue weighted by Crippen LogP contribution is 2.39. The van der Waals surface area contributed by atoms with Gasteiger partial charge >= 0.3 is 0 Å². The summed E-state index contributed by atoms with van der Waals surface area (Å²) in [7, 11) is 0. The van der Waals surface area contributed by atoms with Crippen molar-refractivity contribution in [2.75, 3.05) is 32.7 Å². The van der Waals surface area contributed by atoms with Gasteiger partial charge in [0.1, 0.15) is 0 Å². The molecule has 0 spiro atoms. The zero-order valence-corrected chi connectivity index (χ0v) is 13.9. The minimum absolute atomic E-state index is 0.598. The Bertz CT molecular complexity index is 258. The highest BCUT2D eigenvalue weighted by Gasteiger charge is 2.35. The van der Waals surface area contributed by atoms with Gasteiger partial charge in [-0.15, -0.1) is 0 Å². The third-order valence-corrected chi connectivity index (χ3v) is 5.67. The van der Waals surface area contributed by atoms with Gasteiger partial charge in [0.25, 0.3) is 0 Å². The molecule has 0 bridgehead atoms. The molecule has 2 rings (SSSR count). The highest BCUT2D eigenvalue weighted by molar-refractivity contribution is 4.90. The van der Waals surface area contributed by atoms with Crippen molar-refractivity contribution < 1.29 is 0 Å². The summed E-state index contributed by atoms with van der Waals surface area (Å²) in [6.07, 6.45) is 12.8. The predicted molar refractivity (Wildman–Crippen MR) is 88.1 cm³/mol. The number of nitrogens with one attached hydrogen (secondary N) is 1. The van der Waals surface area contributed by atoms with Gasteiger partial charge in [-0.1, -0.05) is 33.1 Å². The first-order valence-corrected chi connectivity index (χ1v) is 9.21. The molecule has 2 nitrogen and oxygen atoms in total. The van der Waals surface area contributed by atoms with Gasteiger partial charge in [-0.05, 0) is 69.5 Å². The Morgan fingerprint density at radius 2 is 1.85 bits per heavy atom. The topological polar surface area (TPSA) is 15.3 Å². The smallest absolute Gasteiger partial charge is 0.00501 e. The van der Waals surface area contributed by atoms with E-state index in [9.17, 15) is 0 Å². The lowest BCUT2D eigenvalue weighted by molar-refractivity contribution is 0.151. The summed E-state index contributed by atoms with van der Waals surface area (Å²) in [5.74, 6) is 0.998. The van der Waals surface area contributed by atoms with Crippen LogP contribution < -0.4 is 5.32 Å². The maximum atomic E-state index is 3.72. The molecule has 20 heavy (non-hydrogen) atoms. The molecule has 2 fully saturated rings. The van der Waals surface area contributed by atoms with Crippen LogP contribution >= 0.6 is 0 Å². The summed E-state index contributed by atoms with van der Waals surface area (Å²) < 4.78 is 0. The van der Waals surface area contributed by atoms with Crippen LogP contribution in [0.4, 0.5) is 0 Å². The molecule has 1 aliphatic carbocycles. The fourth-order valence-corrected chi connectivity index (χ4v) is 4.31. The van der Waals surface area contributed by atoms with Crippen LogP contribution in [-0.2, 0) is 0 Å². The lowest BCUT2D eigenvalue weighted by Crippen LogP contribution is -2.43. The van der Waals surface area contributed by atoms with Crippen molar-refractivity contribution in [1.82, 2.24) is 10.2 Å². The molecule has 0 radical (unpaired) electrons. The first-order chi connectivity index (χ1) is 9.78. The third kappa shape index (κ3) is 4.73. The van der Waals surface area contributed by atoms with Crippen LogP contribution in [0.5, 0.6) is 0 Å². The molecule has 0 aromatic heterocycles. The molecule has 1 saturated carbocycles. The van der Waals surface area contributed by atoms with Crippen molar-refractivity contribution in [2.24, 2.45) is 11.3 Å². The molecular weight excluding hydrogens is 244 g/mol. The molecule has 2 heteroatoms. The Kier molecular flexibility index (Phi) is 6.83. The second-order valence-corrected chi connectivity index (χ2v) is 7.37. The zero-order chi connectivity index (χ0) is 14.3. The van der Waals surface area contributed by atoms with Gasteiger partial charge in [0.05, 0.1) is 0 Å². The number of hydrogen-bond donors (Lipinski definition) is 1. The molecule has 0 aromatic carbocycles. The predicted octanol–water partition coefficient (Wildman–Crippen LogP) is 4.06. The fraction of sp³-hybridized carbons (Fsp3) is 1.00. The van der Waals surface area contributed by atoms with Crippen LogP contribution in [0.2, 0.25) is 0 Å². The van der Waals surface area contributed by atoms with Crippen molar-refractivity contribution in [1.29, 1.82) is 0 Å². The Hall–Kier alpha value is -0.0800. The summed E-state index contributed by atoms with van der Waals surface area (Å²) in [5.41, 5.74) is 0.598. The Morgan fingerprint density at radius 1 is 1.05 bits per heavy atom. The number of nitrogens with zero attached hydrogens (tertiary/aromatic N) is 1. The van der Waals surface area contributed by atoms with E-state index in [0.717, 1.165) is 5.92 Å². The standard InChI is InChI=1S/C18H36N2/c1-3-12-19-15-18(10-5-6-11-18)16-20-13-7-8-17(4-2)9-14-20/h17,19H,3-16H2,1-2H3. The first-order valence-electron chi connectivity index (χ1n) is 9.21. The summed E-state index contributed by atoms with van der Waals surface area (Å²) in [6.45, 7) is 11.2. The number of hydrogen-bond acceptors (Lipinski definition) is 2. The summed E-state index contributed by atoms with van der Waals surface area (Å²) in [5, 5.41) is 3.72. The molecule has 2 aliphatic rings. The minimum atomic E-state index is 0.598. The van der Waals surface area contributed by atoms with Crippen molar-refractivity contribution in [3.05, 3.63) is 0 Å². The third-order valence-electron chi connectivity index (χ3n) is 5.67. The van der Waals surface area contributed by atoms with Gasteiger partial charge < -0.3 is 10.2 Å². The Labute approximate surface area is 126 Å². The quantitative estimate of drug-likeness (QED) is 0.708. The van der Waals surface area contributed by atoms with E-state index in [2.05, 4.69) is 24.1 Å². The highest BCUT2D eigenvalue weighted by atomic mass is 15.1.